The molecule has 0 radical (unpaired) electrons. The second kappa shape index (κ2) is 5.41. The Bertz CT molecular complexity index is 377. The van der Waals surface area contributed by atoms with Crippen LogP contribution in [0.2, 0.25) is 0 Å². The predicted octanol–water partition coefficient (Wildman–Crippen LogP) is 2.88. The molecule has 2 heteroatoms. The Morgan fingerprint density at radius 1 is 1.17 bits per heavy atom. The summed E-state index contributed by atoms with van der Waals surface area (Å²) in [4.78, 5) is 5.33. The fourth-order valence-electron chi connectivity index (χ4n) is 3.51. The second-order valence-corrected chi connectivity index (χ2v) is 5.77. The molecule has 98 valence electrons. The number of benzene rings is 1. The molecule has 1 fully saturated rings. The van der Waals surface area contributed by atoms with E-state index in [-0.39, 0.29) is 0 Å². The summed E-state index contributed by atoms with van der Waals surface area (Å²) >= 11 is 0. The lowest BCUT2D eigenvalue weighted by Crippen LogP contribution is -2.38. The number of nitrogens with zero attached hydrogens (tertiary/aromatic N) is 2. The molecule has 1 aromatic carbocycles. The topological polar surface area (TPSA) is 6.48 Å². The zero-order chi connectivity index (χ0) is 12.4. The van der Waals surface area contributed by atoms with Gasteiger partial charge in [0.2, 0.25) is 0 Å². The molecule has 0 aliphatic carbocycles. The van der Waals surface area contributed by atoms with Gasteiger partial charge in [-0.3, -0.25) is 9.80 Å². The Morgan fingerprint density at radius 3 is 2.56 bits per heavy atom. The minimum atomic E-state index is 0.805. The molecule has 0 saturated carbocycles. The molecular weight excluding hydrogens is 220 g/mol. The Morgan fingerprint density at radius 2 is 1.89 bits per heavy atom. The molecule has 0 spiro atoms. The third-order valence-corrected chi connectivity index (χ3v) is 4.39. The van der Waals surface area contributed by atoms with Gasteiger partial charge in [0.1, 0.15) is 0 Å². The van der Waals surface area contributed by atoms with Gasteiger partial charge in [-0.15, -0.1) is 0 Å². The Hall–Kier alpha value is -0.860. The molecule has 2 aliphatic rings. The minimum absolute atomic E-state index is 0.805. The molecule has 0 N–H and O–H groups in total. The normalized spacial score (nSPS) is 24.6. The third-order valence-electron chi connectivity index (χ3n) is 4.39. The van der Waals surface area contributed by atoms with E-state index in [1.165, 1.54) is 50.0 Å². The van der Waals surface area contributed by atoms with Crippen LogP contribution in [0.4, 0.5) is 0 Å². The first-order chi connectivity index (χ1) is 8.86. The van der Waals surface area contributed by atoms with Crippen LogP contribution in [0.25, 0.3) is 0 Å². The van der Waals surface area contributed by atoms with E-state index in [2.05, 4.69) is 41.0 Å². The summed E-state index contributed by atoms with van der Waals surface area (Å²) in [5.41, 5.74) is 3.08. The van der Waals surface area contributed by atoms with E-state index in [1.807, 2.05) is 0 Å². The van der Waals surface area contributed by atoms with E-state index < -0.39 is 0 Å². The first kappa shape index (κ1) is 12.2. The summed E-state index contributed by atoms with van der Waals surface area (Å²) in [6, 6.07) is 9.71. The van der Waals surface area contributed by atoms with Crippen LogP contribution in [0, 0.1) is 0 Å². The van der Waals surface area contributed by atoms with Gasteiger partial charge in [-0.25, -0.2) is 0 Å². The van der Waals surface area contributed by atoms with Crippen LogP contribution in [0.5, 0.6) is 0 Å². The minimum Gasteiger partial charge on any atom is -0.299 e. The highest BCUT2D eigenvalue weighted by molar-refractivity contribution is 5.30. The van der Waals surface area contributed by atoms with Crippen molar-refractivity contribution in [2.75, 3.05) is 19.6 Å². The maximum absolute atomic E-state index is 2.70. The molecule has 0 aromatic heterocycles. The van der Waals surface area contributed by atoms with Crippen molar-refractivity contribution in [3.05, 3.63) is 35.4 Å². The summed E-state index contributed by atoms with van der Waals surface area (Å²) < 4.78 is 0. The third kappa shape index (κ3) is 2.45. The van der Waals surface area contributed by atoms with Crippen molar-refractivity contribution >= 4 is 0 Å². The molecule has 2 nitrogen and oxygen atoms in total. The zero-order valence-electron chi connectivity index (χ0n) is 11.4. The van der Waals surface area contributed by atoms with Gasteiger partial charge in [0, 0.05) is 25.7 Å². The summed E-state index contributed by atoms with van der Waals surface area (Å²) in [6.45, 7) is 8.47. The predicted molar refractivity (Wildman–Crippen MR) is 75.4 cm³/mol. The molecule has 0 unspecified atom stereocenters. The van der Waals surface area contributed by atoms with Crippen molar-refractivity contribution < 1.29 is 0 Å². The summed E-state index contributed by atoms with van der Waals surface area (Å²) in [6.07, 6.45) is 4.08. The standard InChI is InChI=1S/C16H24N2/c1-2-9-18-10-5-8-16(18)13-17-11-14-6-3-4-7-15(14)12-17/h3-4,6-7,16H,2,5,8-13H2,1H3/t16-/m0/s1. The smallest absolute Gasteiger partial charge is 0.0241 e. The van der Waals surface area contributed by atoms with Crippen LogP contribution in [-0.2, 0) is 13.1 Å². The van der Waals surface area contributed by atoms with Gasteiger partial charge in [-0.2, -0.15) is 0 Å². The zero-order valence-corrected chi connectivity index (χ0v) is 11.4. The highest BCUT2D eigenvalue weighted by Gasteiger charge is 2.27. The molecule has 2 heterocycles. The Balaban J connectivity index is 1.59. The molecule has 1 aromatic rings. The van der Waals surface area contributed by atoms with Gasteiger partial charge < -0.3 is 0 Å². The lowest BCUT2D eigenvalue weighted by Gasteiger charge is -2.28. The van der Waals surface area contributed by atoms with Crippen LogP contribution in [0.15, 0.2) is 24.3 Å². The SMILES string of the molecule is CCCN1CCC[C@H]1CN1Cc2ccccc2C1. The highest BCUT2D eigenvalue weighted by atomic mass is 15.2. The summed E-state index contributed by atoms with van der Waals surface area (Å²) in [7, 11) is 0. The molecule has 2 aliphatic heterocycles. The fraction of sp³-hybridized carbons (Fsp3) is 0.625. The first-order valence-electron chi connectivity index (χ1n) is 7.40. The average Bonchev–Trinajstić information content (AvgIpc) is 2.97. The first-order valence-corrected chi connectivity index (χ1v) is 7.40. The van der Waals surface area contributed by atoms with Crippen molar-refractivity contribution in [1.82, 2.24) is 9.80 Å². The molecule has 0 amide bonds. The van der Waals surface area contributed by atoms with Gasteiger partial charge in [-0.1, -0.05) is 31.2 Å². The van der Waals surface area contributed by atoms with E-state index in [1.54, 1.807) is 0 Å². The number of likely N-dealkylation sites (tertiary alicyclic amines) is 1. The van der Waals surface area contributed by atoms with Crippen molar-refractivity contribution in [1.29, 1.82) is 0 Å². The van der Waals surface area contributed by atoms with Gasteiger partial charge in [0.05, 0.1) is 0 Å². The largest absolute Gasteiger partial charge is 0.299 e. The molecular formula is C16H24N2. The quantitative estimate of drug-likeness (QED) is 0.803. The van der Waals surface area contributed by atoms with Crippen LogP contribution < -0.4 is 0 Å². The van der Waals surface area contributed by atoms with Gasteiger partial charge in [0.25, 0.3) is 0 Å². The average molecular weight is 244 g/mol. The summed E-state index contributed by atoms with van der Waals surface area (Å²) in [5.74, 6) is 0. The molecule has 1 atom stereocenters. The van der Waals surface area contributed by atoms with Crippen LogP contribution >= 0.6 is 0 Å². The van der Waals surface area contributed by atoms with E-state index in [9.17, 15) is 0 Å². The number of fused-ring (bicyclic) bond motifs is 1. The van der Waals surface area contributed by atoms with Crippen molar-refractivity contribution in [3.63, 3.8) is 0 Å². The Kier molecular flexibility index (Phi) is 3.67. The van der Waals surface area contributed by atoms with E-state index in [0.29, 0.717) is 0 Å². The van der Waals surface area contributed by atoms with Gasteiger partial charge in [-0.05, 0) is 43.5 Å². The second-order valence-electron chi connectivity index (χ2n) is 5.77. The maximum atomic E-state index is 2.70. The molecule has 18 heavy (non-hydrogen) atoms. The van der Waals surface area contributed by atoms with E-state index >= 15 is 0 Å². The monoisotopic (exact) mass is 244 g/mol. The van der Waals surface area contributed by atoms with Crippen LogP contribution in [0.1, 0.15) is 37.3 Å². The molecule has 0 bridgehead atoms. The Labute approximate surface area is 111 Å². The van der Waals surface area contributed by atoms with Crippen LogP contribution in [-0.4, -0.2) is 35.5 Å². The van der Waals surface area contributed by atoms with E-state index in [4.69, 9.17) is 0 Å². The fourth-order valence-corrected chi connectivity index (χ4v) is 3.51. The van der Waals surface area contributed by atoms with Crippen molar-refractivity contribution in [2.24, 2.45) is 0 Å². The maximum Gasteiger partial charge on any atom is 0.0241 e. The summed E-state index contributed by atoms with van der Waals surface area (Å²) in [5, 5.41) is 0. The van der Waals surface area contributed by atoms with Crippen LogP contribution in [0.3, 0.4) is 0 Å². The van der Waals surface area contributed by atoms with E-state index in [0.717, 1.165) is 19.1 Å². The van der Waals surface area contributed by atoms with Crippen molar-refractivity contribution in [2.45, 2.75) is 45.3 Å². The van der Waals surface area contributed by atoms with Gasteiger partial charge in [0.15, 0.2) is 0 Å². The molecule has 3 rings (SSSR count). The highest BCUT2D eigenvalue weighted by Crippen LogP contribution is 2.25. The lowest BCUT2D eigenvalue weighted by molar-refractivity contribution is 0.172. The number of rotatable bonds is 4. The lowest BCUT2D eigenvalue weighted by atomic mass is 10.1. The van der Waals surface area contributed by atoms with Crippen molar-refractivity contribution in [3.8, 4) is 0 Å². The number of hydrogen-bond donors (Lipinski definition) is 0. The number of hydrogen-bond acceptors (Lipinski definition) is 2. The molecule has 1 saturated heterocycles. The van der Waals surface area contributed by atoms with Gasteiger partial charge >= 0.3 is 0 Å².